The molecule has 1 atom stereocenters. The Morgan fingerprint density at radius 3 is 2.87 bits per heavy atom. The van der Waals surface area contributed by atoms with Gasteiger partial charge in [0.1, 0.15) is 11.6 Å². The number of nitrogens with one attached hydrogen (secondary N) is 2. The van der Waals surface area contributed by atoms with Crippen molar-refractivity contribution in [2.24, 2.45) is 0 Å². The van der Waals surface area contributed by atoms with Crippen LogP contribution >= 0.6 is 0 Å². The van der Waals surface area contributed by atoms with Gasteiger partial charge in [0.2, 0.25) is 0 Å². The maximum absolute atomic E-state index is 4.68. The van der Waals surface area contributed by atoms with Gasteiger partial charge in [-0.1, -0.05) is 6.07 Å². The van der Waals surface area contributed by atoms with E-state index < -0.39 is 0 Å². The molecule has 1 aromatic carbocycles. The van der Waals surface area contributed by atoms with Crippen LogP contribution in [0.1, 0.15) is 30.0 Å². The van der Waals surface area contributed by atoms with Crippen LogP contribution in [0.15, 0.2) is 36.5 Å². The van der Waals surface area contributed by atoms with Gasteiger partial charge in [-0.3, -0.25) is 0 Å². The Balaban J connectivity index is 1.70. The van der Waals surface area contributed by atoms with Gasteiger partial charge in [0.05, 0.1) is 23.3 Å². The van der Waals surface area contributed by atoms with Crippen molar-refractivity contribution in [3.63, 3.8) is 0 Å². The van der Waals surface area contributed by atoms with E-state index in [9.17, 15) is 0 Å². The number of hydrogen-bond acceptors (Lipinski definition) is 4. The third-order valence-electron chi connectivity index (χ3n) is 3.92. The molecule has 0 spiro atoms. The molecule has 2 N–H and O–H groups in total. The number of aryl methyl sites for hydroxylation is 2. The maximum Gasteiger partial charge on any atom is 0.157 e. The number of fused-ring (bicyclic) bond motifs is 2. The molecule has 0 unspecified atom stereocenters. The Morgan fingerprint density at radius 2 is 2.00 bits per heavy atom. The first-order chi connectivity index (χ1) is 11.1. The molecule has 0 saturated heterocycles. The van der Waals surface area contributed by atoms with Gasteiger partial charge < -0.3 is 10.3 Å². The van der Waals surface area contributed by atoms with Gasteiger partial charge in [-0.15, -0.1) is 0 Å². The van der Waals surface area contributed by atoms with Gasteiger partial charge in [-0.05, 0) is 38.5 Å². The predicted octanol–water partition coefficient (Wildman–Crippen LogP) is 3.40. The van der Waals surface area contributed by atoms with E-state index >= 15 is 0 Å². The first-order valence-electron chi connectivity index (χ1n) is 7.64. The number of H-pyrrole nitrogens is 1. The largest absolute Gasteiger partial charge is 0.360 e. The smallest absolute Gasteiger partial charge is 0.157 e. The molecule has 23 heavy (non-hydrogen) atoms. The van der Waals surface area contributed by atoms with E-state index in [2.05, 4.69) is 51.3 Å². The van der Waals surface area contributed by atoms with Crippen LogP contribution in [0, 0.1) is 13.8 Å². The standard InChI is InChI=1S/C17H18N6/c1-10-4-5-13-14(8-10)22-17(21-13)12(3)20-16-9-11(2)19-15-6-7-18-23(15)16/h4-9,12,20H,1-3H3,(H,21,22)/t12-/m1/s1. The van der Waals surface area contributed by atoms with Gasteiger partial charge in [0.25, 0.3) is 0 Å². The van der Waals surface area contributed by atoms with Crippen LogP contribution in [-0.4, -0.2) is 24.6 Å². The highest BCUT2D eigenvalue weighted by Crippen LogP contribution is 2.21. The van der Waals surface area contributed by atoms with Gasteiger partial charge in [-0.2, -0.15) is 9.61 Å². The number of aromatic amines is 1. The summed E-state index contributed by atoms with van der Waals surface area (Å²) >= 11 is 0. The normalized spacial score (nSPS) is 12.8. The minimum atomic E-state index is 0.0249. The second-order valence-corrected chi connectivity index (χ2v) is 5.89. The number of benzene rings is 1. The van der Waals surface area contributed by atoms with E-state index in [1.807, 2.05) is 25.1 Å². The Kier molecular flexibility index (Phi) is 3.04. The van der Waals surface area contributed by atoms with Crippen molar-refractivity contribution in [3.05, 3.63) is 53.6 Å². The summed E-state index contributed by atoms with van der Waals surface area (Å²) in [7, 11) is 0. The molecule has 0 saturated carbocycles. The van der Waals surface area contributed by atoms with Gasteiger partial charge in [0, 0.05) is 17.8 Å². The van der Waals surface area contributed by atoms with E-state index in [0.29, 0.717) is 0 Å². The molecular formula is C17H18N6. The van der Waals surface area contributed by atoms with E-state index in [0.717, 1.165) is 34.0 Å². The van der Waals surface area contributed by atoms with E-state index in [1.165, 1.54) is 5.56 Å². The summed E-state index contributed by atoms with van der Waals surface area (Å²) in [6, 6.07) is 10.1. The van der Waals surface area contributed by atoms with Crippen molar-refractivity contribution in [2.45, 2.75) is 26.8 Å². The summed E-state index contributed by atoms with van der Waals surface area (Å²) < 4.78 is 1.80. The van der Waals surface area contributed by atoms with Crippen LogP contribution < -0.4 is 5.32 Å². The zero-order valence-corrected chi connectivity index (χ0v) is 13.3. The summed E-state index contributed by atoms with van der Waals surface area (Å²) in [5, 5.41) is 7.79. The Morgan fingerprint density at radius 1 is 1.13 bits per heavy atom. The van der Waals surface area contributed by atoms with Crippen molar-refractivity contribution in [1.82, 2.24) is 24.6 Å². The third kappa shape index (κ3) is 2.42. The summed E-state index contributed by atoms with van der Waals surface area (Å²) in [5.41, 5.74) is 5.04. The van der Waals surface area contributed by atoms with Crippen LogP contribution in [0.2, 0.25) is 0 Å². The van der Waals surface area contributed by atoms with Crippen LogP contribution in [-0.2, 0) is 0 Å². The van der Waals surface area contributed by atoms with Crippen LogP contribution in [0.4, 0.5) is 5.82 Å². The topological polar surface area (TPSA) is 70.9 Å². The fourth-order valence-electron chi connectivity index (χ4n) is 2.78. The predicted molar refractivity (Wildman–Crippen MR) is 90.6 cm³/mol. The molecule has 0 aliphatic heterocycles. The maximum atomic E-state index is 4.68. The average molecular weight is 306 g/mol. The number of hydrogen-bond donors (Lipinski definition) is 2. The molecule has 4 aromatic rings. The lowest BCUT2D eigenvalue weighted by molar-refractivity contribution is 0.790. The Bertz CT molecular complexity index is 997. The van der Waals surface area contributed by atoms with E-state index in [1.54, 1.807) is 10.7 Å². The van der Waals surface area contributed by atoms with Crippen molar-refractivity contribution in [1.29, 1.82) is 0 Å². The number of imidazole rings is 1. The van der Waals surface area contributed by atoms with Crippen molar-refractivity contribution in [2.75, 3.05) is 5.32 Å². The minimum Gasteiger partial charge on any atom is -0.360 e. The monoisotopic (exact) mass is 306 g/mol. The molecule has 0 amide bonds. The van der Waals surface area contributed by atoms with Crippen LogP contribution in [0.3, 0.4) is 0 Å². The lowest BCUT2D eigenvalue weighted by atomic mass is 10.2. The molecule has 3 aromatic heterocycles. The molecule has 0 bridgehead atoms. The van der Waals surface area contributed by atoms with Gasteiger partial charge in [-0.25, -0.2) is 9.97 Å². The molecule has 0 radical (unpaired) electrons. The molecule has 3 heterocycles. The highest BCUT2D eigenvalue weighted by atomic mass is 15.3. The molecule has 0 aliphatic carbocycles. The van der Waals surface area contributed by atoms with E-state index in [-0.39, 0.29) is 6.04 Å². The molecule has 0 fully saturated rings. The van der Waals surface area contributed by atoms with E-state index in [4.69, 9.17) is 0 Å². The first kappa shape index (κ1) is 13.8. The van der Waals surface area contributed by atoms with Crippen molar-refractivity contribution in [3.8, 4) is 0 Å². The highest BCUT2D eigenvalue weighted by molar-refractivity contribution is 5.76. The van der Waals surface area contributed by atoms with Crippen molar-refractivity contribution < 1.29 is 0 Å². The summed E-state index contributed by atoms with van der Waals surface area (Å²) in [6.45, 7) is 6.14. The second-order valence-electron chi connectivity index (χ2n) is 5.89. The molecular weight excluding hydrogens is 288 g/mol. The number of anilines is 1. The number of aromatic nitrogens is 5. The Hall–Kier alpha value is -2.89. The van der Waals surface area contributed by atoms with Crippen molar-refractivity contribution >= 4 is 22.5 Å². The number of nitrogens with zero attached hydrogens (tertiary/aromatic N) is 4. The fraction of sp³-hybridized carbons (Fsp3) is 0.235. The fourth-order valence-corrected chi connectivity index (χ4v) is 2.78. The molecule has 0 aliphatic rings. The lowest BCUT2D eigenvalue weighted by Crippen LogP contribution is -2.12. The summed E-state index contributed by atoms with van der Waals surface area (Å²) in [6.07, 6.45) is 1.75. The Labute approximate surface area is 133 Å². The highest BCUT2D eigenvalue weighted by Gasteiger charge is 2.13. The SMILES string of the molecule is Cc1ccc2nc([C@@H](C)Nc3cc(C)nc4ccnn34)[nH]c2c1. The van der Waals surface area contributed by atoms with Crippen LogP contribution in [0.25, 0.3) is 16.7 Å². The third-order valence-corrected chi connectivity index (χ3v) is 3.92. The van der Waals surface area contributed by atoms with Crippen LogP contribution in [0.5, 0.6) is 0 Å². The average Bonchev–Trinajstić information content (AvgIpc) is 3.12. The molecule has 116 valence electrons. The quantitative estimate of drug-likeness (QED) is 0.608. The summed E-state index contributed by atoms with van der Waals surface area (Å²) in [4.78, 5) is 12.5. The molecule has 6 heteroatoms. The molecule has 6 nitrogen and oxygen atoms in total. The van der Waals surface area contributed by atoms with Gasteiger partial charge >= 0.3 is 0 Å². The zero-order chi connectivity index (χ0) is 16.0. The minimum absolute atomic E-state index is 0.0249. The summed E-state index contributed by atoms with van der Waals surface area (Å²) in [5.74, 6) is 1.81. The lowest BCUT2D eigenvalue weighted by Gasteiger charge is -2.14. The van der Waals surface area contributed by atoms with Gasteiger partial charge in [0.15, 0.2) is 5.65 Å². The molecule has 4 rings (SSSR count). The number of rotatable bonds is 3. The second kappa shape index (κ2) is 5.08. The zero-order valence-electron chi connectivity index (χ0n) is 13.3. The first-order valence-corrected chi connectivity index (χ1v) is 7.64.